The summed E-state index contributed by atoms with van der Waals surface area (Å²) in [6.45, 7) is 4.01. The van der Waals surface area contributed by atoms with Crippen molar-refractivity contribution in [2.45, 2.75) is 32.1 Å². The standard InChI is InChI=1S/C22H24Cl2N2O/c23-19-8-6-17(14-20(19)24)18-5-4-16-7-9-22(27)26(21(16)15-18)13-12-25-10-2-1-3-11-25/h4-6,8,14-15H,1-3,7,9-13H2. The van der Waals surface area contributed by atoms with Gasteiger partial charge in [0.05, 0.1) is 10.0 Å². The van der Waals surface area contributed by atoms with Crippen LogP contribution in [0.15, 0.2) is 36.4 Å². The van der Waals surface area contributed by atoms with Crippen LogP contribution in [0.3, 0.4) is 0 Å². The fourth-order valence-corrected chi connectivity index (χ4v) is 4.36. The van der Waals surface area contributed by atoms with Gasteiger partial charge in [0.25, 0.3) is 0 Å². The summed E-state index contributed by atoms with van der Waals surface area (Å²) in [5.74, 6) is 0.228. The highest BCUT2D eigenvalue weighted by Gasteiger charge is 2.25. The first-order valence-electron chi connectivity index (χ1n) is 9.73. The Balaban J connectivity index is 1.59. The number of anilines is 1. The van der Waals surface area contributed by atoms with Crippen molar-refractivity contribution in [3.63, 3.8) is 0 Å². The number of benzene rings is 2. The number of amides is 1. The van der Waals surface area contributed by atoms with Gasteiger partial charge in [-0.2, -0.15) is 0 Å². The molecule has 2 aliphatic heterocycles. The zero-order chi connectivity index (χ0) is 18.8. The molecule has 5 heteroatoms. The van der Waals surface area contributed by atoms with E-state index in [1.165, 1.54) is 24.8 Å². The maximum absolute atomic E-state index is 12.6. The van der Waals surface area contributed by atoms with E-state index in [1.54, 1.807) is 0 Å². The summed E-state index contributed by atoms with van der Waals surface area (Å²) in [5.41, 5.74) is 4.37. The van der Waals surface area contributed by atoms with E-state index in [-0.39, 0.29) is 5.91 Å². The Morgan fingerprint density at radius 2 is 1.56 bits per heavy atom. The zero-order valence-electron chi connectivity index (χ0n) is 15.4. The predicted molar refractivity (Wildman–Crippen MR) is 113 cm³/mol. The van der Waals surface area contributed by atoms with Crippen molar-refractivity contribution in [1.29, 1.82) is 0 Å². The number of piperidine rings is 1. The van der Waals surface area contributed by atoms with E-state index < -0.39 is 0 Å². The van der Waals surface area contributed by atoms with Crippen LogP contribution in [0.2, 0.25) is 10.0 Å². The first-order chi connectivity index (χ1) is 13.1. The van der Waals surface area contributed by atoms with Crippen LogP contribution in [0.25, 0.3) is 11.1 Å². The molecule has 0 N–H and O–H groups in total. The van der Waals surface area contributed by atoms with Crippen molar-refractivity contribution in [2.24, 2.45) is 0 Å². The van der Waals surface area contributed by atoms with Gasteiger partial charge in [0.2, 0.25) is 5.91 Å². The molecular formula is C22H24Cl2N2O. The number of carbonyl (C=O) groups is 1. The van der Waals surface area contributed by atoms with Crippen LogP contribution >= 0.6 is 23.2 Å². The first kappa shape index (κ1) is 18.8. The summed E-state index contributed by atoms with van der Waals surface area (Å²) in [5, 5.41) is 1.10. The molecule has 3 nitrogen and oxygen atoms in total. The largest absolute Gasteiger partial charge is 0.311 e. The normalized spacial score (nSPS) is 17.9. The molecule has 0 aliphatic carbocycles. The maximum atomic E-state index is 12.6. The van der Waals surface area contributed by atoms with Crippen molar-refractivity contribution in [2.75, 3.05) is 31.1 Å². The van der Waals surface area contributed by atoms with Gasteiger partial charge < -0.3 is 9.80 Å². The SMILES string of the molecule is O=C1CCc2ccc(-c3ccc(Cl)c(Cl)c3)cc2N1CCN1CCCCC1. The second-order valence-corrected chi connectivity index (χ2v) is 8.23. The van der Waals surface area contributed by atoms with Gasteiger partial charge in [0.1, 0.15) is 0 Å². The average molecular weight is 403 g/mol. The first-order valence-corrected chi connectivity index (χ1v) is 10.5. The quantitative estimate of drug-likeness (QED) is 0.680. The van der Waals surface area contributed by atoms with Crippen molar-refractivity contribution in [3.05, 3.63) is 52.0 Å². The summed E-state index contributed by atoms with van der Waals surface area (Å²) in [6.07, 6.45) is 5.28. The molecule has 0 saturated carbocycles. The van der Waals surface area contributed by atoms with Crippen molar-refractivity contribution in [1.82, 2.24) is 4.90 Å². The predicted octanol–water partition coefficient (Wildman–Crippen LogP) is 5.43. The molecule has 2 aromatic rings. The number of likely N-dealkylation sites (tertiary alicyclic amines) is 1. The Morgan fingerprint density at radius 3 is 2.33 bits per heavy atom. The second kappa shape index (κ2) is 8.22. The third-order valence-corrected chi connectivity index (χ3v) is 6.37. The van der Waals surface area contributed by atoms with E-state index in [4.69, 9.17) is 23.2 Å². The van der Waals surface area contributed by atoms with Crippen LogP contribution in [0.5, 0.6) is 0 Å². The molecule has 0 aromatic heterocycles. The van der Waals surface area contributed by atoms with E-state index in [9.17, 15) is 4.79 Å². The van der Waals surface area contributed by atoms with Crippen LogP contribution < -0.4 is 4.90 Å². The lowest BCUT2D eigenvalue weighted by molar-refractivity contribution is -0.118. The molecule has 0 bridgehead atoms. The lowest BCUT2D eigenvalue weighted by Gasteiger charge is -2.33. The Kier molecular flexibility index (Phi) is 5.72. The van der Waals surface area contributed by atoms with E-state index >= 15 is 0 Å². The molecule has 2 aromatic carbocycles. The highest BCUT2D eigenvalue weighted by atomic mass is 35.5. The number of nitrogens with zero attached hydrogens (tertiary/aromatic N) is 2. The lowest BCUT2D eigenvalue weighted by atomic mass is 9.96. The molecule has 0 unspecified atom stereocenters. The smallest absolute Gasteiger partial charge is 0.227 e. The van der Waals surface area contributed by atoms with E-state index in [2.05, 4.69) is 23.1 Å². The number of hydrogen-bond donors (Lipinski definition) is 0. The van der Waals surface area contributed by atoms with Crippen LogP contribution in [0.1, 0.15) is 31.2 Å². The number of rotatable bonds is 4. The van der Waals surface area contributed by atoms with Gasteiger partial charge in [-0.1, -0.05) is 47.8 Å². The molecule has 2 heterocycles. The molecule has 0 spiro atoms. The third kappa shape index (κ3) is 4.16. The monoisotopic (exact) mass is 402 g/mol. The summed E-state index contributed by atoms with van der Waals surface area (Å²) < 4.78 is 0. The van der Waals surface area contributed by atoms with Crippen LogP contribution in [-0.4, -0.2) is 37.0 Å². The van der Waals surface area contributed by atoms with Gasteiger partial charge >= 0.3 is 0 Å². The molecular weight excluding hydrogens is 379 g/mol. The summed E-state index contributed by atoms with van der Waals surface area (Å²) in [6, 6.07) is 12.1. The van der Waals surface area contributed by atoms with Gasteiger partial charge in [-0.25, -0.2) is 0 Å². The number of carbonyl (C=O) groups excluding carboxylic acids is 1. The highest BCUT2D eigenvalue weighted by Crippen LogP contribution is 2.34. The lowest BCUT2D eigenvalue weighted by Crippen LogP contribution is -2.42. The summed E-state index contributed by atoms with van der Waals surface area (Å²) >= 11 is 12.2. The number of fused-ring (bicyclic) bond motifs is 1. The molecule has 1 amide bonds. The Hall–Kier alpha value is -1.55. The Bertz CT molecular complexity index is 846. The Morgan fingerprint density at radius 1 is 0.815 bits per heavy atom. The van der Waals surface area contributed by atoms with Gasteiger partial charge in [0, 0.05) is 25.2 Å². The highest BCUT2D eigenvalue weighted by molar-refractivity contribution is 6.42. The third-order valence-electron chi connectivity index (χ3n) is 5.63. The molecule has 142 valence electrons. The molecule has 27 heavy (non-hydrogen) atoms. The maximum Gasteiger partial charge on any atom is 0.227 e. The molecule has 0 atom stereocenters. The van der Waals surface area contributed by atoms with Gasteiger partial charge in [-0.05, 0) is 67.2 Å². The van der Waals surface area contributed by atoms with E-state index in [0.29, 0.717) is 16.5 Å². The molecule has 4 rings (SSSR count). The number of halogens is 2. The minimum absolute atomic E-state index is 0.228. The van der Waals surface area contributed by atoms with Crippen LogP contribution in [-0.2, 0) is 11.2 Å². The van der Waals surface area contributed by atoms with E-state index in [1.807, 2.05) is 23.1 Å². The van der Waals surface area contributed by atoms with Crippen molar-refractivity contribution >= 4 is 34.8 Å². The molecule has 0 radical (unpaired) electrons. The van der Waals surface area contributed by atoms with E-state index in [0.717, 1.165) is 49.4 Å². The van der Waals surface area contributed by atoms with Gasteiger partial charge in [-0.3, -0.25) is 4.79 Å². The average Bonchev–Trinajstić information content (AvgIpc) is 2.70. The van der Waals surface area contributed by atoms with Crippen molar-refractivity contribution in [3.8, 4) is 11.1 Å². The summed E-state index contributed by atoms with van der Waals surface area (Å²) in [4.78, 5) is 17.1. The zero-order valence-corrected chi connectivity index (χ0v) is 16.9. The minimum Gasteiger partial charge on any atom is -0.311 e. The van der Waals surface area contributed by atoms with Crippen molar-refractivity contribution < 1.29 is 4.79 Å². The fourth-order valence-electron chi connectivity index (χ4n) is 4.06. The Labute approximate surface area is 170 Å². The topological polar surface area (TPSA) is 23.6 Å². The second-order valence-electron chi connectivity index (χ2n) is 7.42. The minimum atomic E-state index is 0.228. The molecule has 2 aliphatic rings. The van der Waals surface area contributed by atoms with Crippen LogP contribution in [0.4, 0.5) is 5.69 Å². The molecule has 1 fully saturated rings. The van der Waals surface area contributed by atoms with Crippen LogP contribution in [0, 0.1) is 0 Å². The number of aryl methyl sites for hydroxylation is 1. The van der Waals surface area contributed by atoms with Gasteiger partial charge in [-0.15, -0.1) is 0 Å². The number of hydrogen-bond acceptors (Lipinski definition) is 2. The summed E-state index contributed by atoms with van der Waals surface area (Å²) in [7, 11) is 0. The fraction of sp³-hybridized carbons (Fsp3) is 0.409. The molecule has 1 saturated heterocycles. The van der Waals surface area contributed by atoms with Gasteiger partial charge in [0.15, 0.2) is 0 Å².